The van der Waals surface area contributed by atoms with Crippen molar-refractivity contribution in [3.63, 3.8) is 0 Å². The summed E-state index contributed by atoms with van der Waals surface area (Å²) in [5.74, 6) is 0.790. The number of methoxy groups -OCH3 is 2. The lowest BCUT2D eigenvalue weighted by molar-refractivity contribution is 0.0949. The number of aryl methyl sites for hydroxylation is 1. The largest absolute Gasteiger partial charge is 0.493 e. The van der Waals surface area contributed by atoms with Crippen molar-refractivity contribution in [2.75, 3.05) is 14.2 Å². The van der Waals surface area contributed by atoms with Gasteiger partial charge in [0.15, 0.2) is 17.2 Å². The molecule has 1 N–H and O–H groups in total. The summed E-state index contributed by atoms with van der Waals surface area (Å²) in [6.45, 7) is 1.81. The van der Waals surface area contributed by atoms with Crippen LogP contribution in [0.1, 0.15) is 23.0 Å². The molecule has 29 heavy (non-hydrogen) atoms. The van der Waals surface area contributed by atoms with Gasteiger partial charge >= 0.3 is 0 Å². The van der Waals surface area contributed by atoms with Gasteiger partial charge < -0.3 is 9.47 Å². The number of nitrogens with zero attached hydrogens (tertiary/aromatic N) is 3. The Bertz CT molecular complexity index is 1150. The molecule has 0 aliphatic carbocycles. The summed E-state index contributed by atoms with van der Waals surface area (Å²) in [6.07, 6.45) is 0.516. The summed E-state index contributed by atoms with van der Waals surface area (Å²) in [7, 11) is 4.67. The van der Waals surface area contributed by atoms with Crippen molar-refractivity contribution < 1.29 is 14.3 Å². The number of ether oxygens (including phenoxy) is 2. The van der Waals surface area contributed by atoms with Crippen molar-refractivity contribution in [2.45, 2.75) is 13.3 Å². The molecule has 0 atom stereocenters. The summed E-state index contributed by atoms with van der Waals surface area (Å²) in [6, 6.07) is 12.5. The Morgan fingerprint density at radius 3 is 2.48 bits per heavy atom. The van der Waals surface area contributed by atoms with Crippen LogP contribution in [0.15, 0.2) is 52.4 Å². The third-order valence-corrected chi connectivity index (χ3v) is 4.43. The molecule has 0 fully saturated rings. The molecule has 0 saturated heterocycles. The number of hydrazone groups is 1. The second kappa shape index (κ2) is 8.55. The first-order valence-electron chi connectivity index (χ1n) is 8.95. The lowest BCUT2D eigenvalue weighted by Crippen LogP contribution is -2.27. The number of benzene rings is 2. The van der Waals surface area contributed by atoms with Crippen LogP contribution >= 0.6 is 0 Å². The van der Waals surface area contributed by atoms with E-state index >= 15 is 0 Å². The Balaban J connectivity index is 1.80. The molecular weight excluding hydrogens is 372 g/mol. The summed E-state index contributed by atoms with van der Waals surface area (Å²) in [4.78, 5) is 24.8. The number of rotatable bonds is 6. The van der Waals surface area contributed by atoms with E-state index < -0.39 is 5.91 Å². The Hall–Kier alpha value is -3.68. The summed E-state index contributed by atoms with van der Waals surface area (Å²) in [5.41, 5.74) is 4.07. The van der Waals surface area contributed by atoms with Crippen molar-refractivity contribution in [2.24, 2.45) is 12.1 Å². The van der Waals surface area contributed by atoms with Crippen LogP contribution in [0.3, 0.4) is 0 Å². The second-order valence-electron chi connectivity index (χ2n) is 6.48. The molecule has 0 spiro atoms. The summed E-state index contributed by atoms with van der Waals surface area (Å²) in [5, 5.41) is 9.19. The molecule has 0 unspecified atom stereocenters. The van der Waals surface area contributed by atoms with Crippen molar-refractivity contribution in [3.05, 3.63) is 64.1 Å². The lowest BCUT2D eigenvalue weighted by atomic mass is 10.1. The smallest absolute Gasteiger partial charge is 0.292 e. The van der Waals surface area contributed by atoms with Gasteiger partial charge in [-0.05, 0) is 30.7 Å². The number of carbonyl (C=O) groups is 1. The first-order valence-corrected chi connectivity index (χ1v) is 8.95. The Kier molecular flexibility index (Phi) is 5.92. The average molecular weight is 394 g/mol. The van der Waals surface area contributed by atoms with Gasteiger partial charge in [0.05, 0.1) is 19.6 Å². The van der Waals surface area contributed by atoms with Crippen molar-refractivity contribution in [3.8, 4) is 11.5 Å². The maximum absolute atomic E-state index is 12.6. The SMILES string of the molecule is COc1ccc(C/C(C)=N\NC(=O)c2nn(C)c(=O)c3ccccc23)cc1OC. The first-order chi connectivity index (χ1) is 13.9. The fourth-order valence-electron chi connectivity index (χ4n) is 2.99. The van der Waals surface area contributed by atoms with Crippen LogP contribution in [0.25, 0.3) is 10.8 Å². The van der Waals surface area contributed by atoms with E-state index in [2.05, 4.69) is 15.6 Å². The standard InChI is InChI=1S/C21H22N4O4/c1-13(11-14-9-10-17(28-3)18(12-14)29-4)22-23-20(26)19-15-7-5-6-8-16(15)21(27)25(2)24-19/h5-10,12H,11H2,1-4H3,(H,23,26)/b22-13-. The lowest BCUT2D eigenvalue weighted by Gasteiger charge is -2.10. The van der Waals surface area contributed by atoms with E-state index in [-0.39, 0.29) is 11.3 Å². The molecule has 150 valence electrons. The number of nitrogens with one attached hydrogen (secondary N) is 1. The zero-order valence-electron chi connectivity index (χ0n) is 16.7. The average Bonchev–Trinajstić information content (AvgIpc) is 2.74. The Morgan fingerprint density at radius 1 is 1.10 bits per heavy atom. The normalized spacial score (nSPS) is 11.4. The predicted molar refractivity (Wildman–Crippen MR) is 111 cm³/mol. The molecule has 3 rings (SSSR count). The minimum Gasteiger partial charge on any atom is -0.493 e. The predicted octanol–water partition coefficient (Wildman–Crippen LogP) is 2.30. The molecule has 2 aromatic carbocycles. The topological polar surface area (TPSA) is 94.8 Å². The van der Waals surface area contributed by atoms with Crippen LogP contribution < -0.4 is 20.5 Å². The van der Waals surface area contributed by atoms with Crippen molar-refractivity contribution in [1.82, 2.24) is 15.2 Å². The Morgan fingerprint density at radius 2 is 1.79 bits per heavy atom. The molecule has 1 amide bonds. The molecule has 0 aliphatic heterocycles. The summed E-state index contributed by atoms with van der Waals surface area (Å²) >= 11 is 0. The van der Waals surface area contributed by atoms with Crippen LogP contribution in [0.2, 0.25) is 0 Å². The molecule has 8 heteroatoms. The molecule has 3 aromatic rings. The fourth-order valence-corrected chi connectivity index (χ4v) is 2.99. The number of aromatic nitrogens is 2. The van der Waals surface area contributed by atoms with Crippen LogP contribution in [0.4, 0.5) is 0 Å². The molecule has 0 aliphatic rings. The van der Waals surface area contributed by atoms with Crippen LogP contribution in [0, 0.1) is 0 Å². The maximum Gasteiger partial charge on any atom is 0.292 e. The number of carbonyl (C=O) groups excluding carboxylic acids is 1. The zero-order valence-corrected chi connectivity index (χ0v) is 16.7. The number of fused-ring (bicyclic) bond motifs is 1. The third kappa shape index (κ3) is 4.26. The van der Waals surface area contributed by atoms with Gasteiger partial charge in [-0.3, -0.25) is 9.59 Å². The van der Waals surface area contributed by atoms with Gasteiger partial charge in [0, 0.05) is 24.6 Å². The molecular formula is C21H22N4O4. The highest BCUT2D eigenvalue weighted by Gasteiger charge is 2.15. The molecule has 8 nitrogen and oxygen atoms in total. The van der Waals surface area contributed by atoms with Gasteiger partial charge in [-0.25, -0.2) is 10.1 Å². The molecule has 0 saturated carbocycles. The van der Waals surface area contributed by atoms with E-state index in [1.807, 2.05) is 25.1 Å². The zero-order chi connectivity index (χ0) is 21.0. The van der Waals surface area contributed by atoms with Crippen molar-refractivity contribution in [1.29, 1.82) is 0 Å². The first kappa shape index (κ1) is 20.1. The van der Waals surface area contributed by atoms with E-state index in [1.165, 1.54) is 7.05 Å². The molecule has 1 aromatic heterocycles. The molecule has 1 heterocycles. The van der Waals surface area contributed by atoms with Crippen molar-refractivity contribution >= 4 is 22.4 Å². The van der Waals surface area contributed by atoms with E-state index in [0.29, 0.717) is 34.4 Å². The quantitative estimate of drug-likeness (QED) is 0.511. The highest BCUT2D eigenvalue weighted by Crippen LogP contribution is 2.27. The summed E-state index contributed by atoms with van der Waals surface area (Å²) < 4.78 is 11.7. The molecule has 0 bridgehead atoms. The molecule has 0 radical (unpaired) electrons. The monoisotopic (exact) mass is 394 g/mol. The van der Waals surface area contributed by atoms with Gasteiger partial charge in [0.1, 0.15) is 0 Å². The van der Waals surface area contributed by atoms with Gasteiger partial charge in [0.25, 0.3) is 11.5 Å². The van der Waals surface area contributed by atoms with Crippen LogP contribution in [-0.2, 0) is 13.5 Å². The number of hydrogen-bond donors (Lipinski definition) is 1. The van der Waals surface area contributed by atoms with Gasteiger partial charge in [0.2, 0.25) is 0 Å². The van der Waals surface area contributed by atoms with Crippen LogP contribution in [0.5, 0.6) is 11.5 Å². The van der Waals surface area contributed by atoms with E-state index in [1.54, 1.807) is 38.5 Å². The van der Waals surface area contributed by atoms with E-state index in [9.17, 15) is 9.59 Å². The Labute approximate surface area is 167 Å². The number of hydrogen-bond acceptors (Lipinski definition) is 6. The van der Waals surface area contributed by atoms with E-state index in [4.69, 9.17) is 9.47 Å². The van der Waals surface area contributed by atoms with Crippen LogP contribution in [-0.4, -0.2) is 35.6 Å². The second-order valence-corrected chi connectivity index (χ2v) is 6.48. The highest BCUT2D eigenvalue weighted by molar-refractivity contribution is 6.05. The highest BCUT2D eigenvalue weighted by atomic mass is 16.5. The minimum absolute atomic E-state index is 0.144. The third-order valence-electron chi connectivity index (χ3n) is 4.43. The maximum atomic E-state index is 12.6. The number of amides is 1. The van der Waals surface area contributed by atoms with Gasteiger partial charge in [-0.15, -0.1) is 0 Å². The van der Waals surface area contributed by atoms with E-state index in [0.717, 1.165) is 10.2 Å². The fraction of sp³-hybridized carbons (Fsp3) is 0.238. The minimum atomic E-state index is -0.483. The van der Waals surface area contributed by atoms with Gasteiger partial charge in [-0.2, -0.15) is 10.2 Å². The van der Waals surface area contributed by atoms with Gasteiger partial charge in [-0.1, -0.05) is 24.3 Å².